The summed E-state index contributed by atoms with van der Waals surface area (Å²) in [5, 5.41) is 0.960. The van der Waals surface area contributed by atoms with E-state index in [-0.39, 0.29) is 25.2 Å². The van der Waals surface area contributed by atoms with E-state index in [4.69, 9.17) is 9.57 Å². The highest BCUT2D eigenvalue weighted by Crippen LogP contribution is 2.13. The van der Waals surface area contributed by atoms with Crippen molar-refractivity contribution < 1.29 is 24.0 Å². The van der Waals surface area contributed by atoms with Gasteiger partial charge in [-0.05, 0) is 20.3 Å². The largest absolute Gasteiger partial charge is 0.465 e. The number of rotatable bonds is 7. The maximum Gasteiger partial charge on any atom is 0.318 e. The fourth-order valence-corrected chi connectivity index (χ4v) is 1.24. The van der Waals surface area contributed by atoms with Crippen LogP contribution in [0.1, 0.15) is 26.7 Å². The first kappa shape index (κ1) is 15.6. The van der Waals surface area contributed by atoms with E-state index in [0.717, 1.165) is 5.06 Å². The first-order valence-corrected chi connectivity index (χ1v) is 5.41. The fraction of sp³-hybridized carbons (Fsp3) is 0.727. The number of esters is 1. The van der Waals surface area contributed by atoms with Crippen LogP contribution < -0.4 is 0 Å². The van der Waals surface area contributed by atoms with E-state index in [2.05, 4.69) is 0 Å². The zero-order chi connectivity index (χ0) is 13.4. The molecule has 1 atom stereocenters. The molecule has 1 amide bonds. The molecular weight excluding hydrogens is 226 g/mol. The Morgan fingerprint density at radius 1 is 1.29 bits per heavy atom. The smallest absolute Gasteiger partial charge is 0.318 e. The molecule has 98 valence electrons. The van der Waals surface area contributed by atoms with Gasteiger partial charge in [-0.2, -0.15) is 0 Å². The van der Waals surface area contributed by atoms with Crippen molar-refractivity contribution in [2.24, 2.45) is 5.92 Å². The number of Topliss-reactive ketones (excluding diaryl/α,β-unsaturated/α-hetero) is 1. The van der Waals surface area contributed by atoms with Gasteiger partial charge in [-0.1, -0.05) is 0 Å². The molecule has 0 N–H and O–H groups in total. The Kier molecular flexibility index (Phi) is 7.13. The van der Waals surface area contributed by atoms with Gasteiger partial charge in [0.2, 0.25) is 0 Å². The Balaban J connectivity index is 4.65. The minimum absolute atomic E-state index is 0.0767. The average Bonchev–Trinajstić information content (AvgIpc) is 2.27. The molecule has 0 saturated carbocycles. The lowest BCUT2D eigenvalue weighted by Gasteiger charge is -2.20. The normalized spacial score (nSPS) is 11.8. The van der Waals surface area contributed by atoms with E-state index in [1.807, 2.05) is 0 Å². The van der Waals surface area contributed by atoms with E-state index < -0.39 is 17.8 Å². The molecule has 0 aromatic rings. The monoisotopic (exact) mass is 245 g/mol. The number of carbonyl (C=O) groups excluding carboxylic acids is 3. The molecule has 0 aromatic carbocycles. The van der Waals surface area contributed by atoms with E-state index in [0.29, 0.717) is 0 Å². The molecule has 6 nitrogen and oxygen atoms in total. The van der Waals surface area contributed by atoms with Crippen molar-refractivity contribution in [3.8, 4) is 0 Å². The Bertz CT molecular complexity index is 290. The van der Waals surface area contributed by atoms with E-state index >= 15 is 0 Å². The third-order valence-corrected chi connectivity index (χ3v) is 2.24. The van der Waals surface area contributed by atoms with Crippen molar-refractivity contribution in [1.29, 1.82) is 0 Å². The van der Waals surface area contributed by atoms with Gasteiger partial charge in [-0.15, -0.1) is 0 Å². The molecule has 1 unspecified atom stereocenters. The quantitative estimate of drug-likeness (QED) is 0.372. The molecule has 17 heavy (non-hydrogen) atoms. The summed E-state index contributed by atoms with van der Waals surface area (Å²) >= 11 is 0. The number of ether oxygens (including phenoxy) is 1. The predicted molar refractivity (Wildman–Crippen MR) is 59.8 cm³/mol. The Labute approximate surface area is 101 Å². The van der Waals surface area contributed by atoms with Crippen LogP contribution in [0, 0.1) is 5.92 Å². The second kappa shape index (κ2) is 7.78. The summed E-state index contributed by atoms with van der Waals surface area (Å²) in [6.07, 6.45) is 0.299. The van der Waals surface area contributed by atoms with E-state index in [9.17, 15) is 14.4 Å². The summed E-state index contributed by atoms with van der Waals surface area (Å²) in [7, 11) is 2.73. The highest BCUT2D eigenvalue weighted by atomic mass is 16.7. The molecule has 0 aromatic heterocycles. The lowest BCUT2D eigenvalue weighted by molar-refractivity contribution is -0.179. The summed E-state index contributed by atoms with van der Waals surface area (Å²) in [5.41, 5.74) is 0. The lowest BCUT2D eigenvalue weighted by atomic mass is 10.0. The topological polar surface area (TPSA) is 72.9 Å². The third-order valence-electron chi connectivity index (χ3n) is 2.24. The molecule has 0 aliphatic heterocycles. The molecule has 0 bridgehead atoms. The molecule has 0 aliphatic carbocycles. The molecular formula is C11H19NO5. The predicted octanol–water partition coefficient (Wildman–Crippen LogP) is 0.555. The van der Waals surface area contributed by atoms with E-state index in [1.54, 1.807) is 6.92 Å². The van der Waals surface area contributed by atoms with Crippen molar-refractivity contribution in [3.05, 3.63) is 0 Å². The second-order valence-corrected chi connectivity index (χ2v) is 3.56. The minimum atomic E-state index is -0.983. The van der Waals surface area contributed by atoms with Crippen molar-refractivity contribution in [1.82, 2.24) is 5.06 Å². The van der Waals surface area contributed by atoms with Gasteiger partial charge in [0.15, 0.2) is 0 Å². The number of ketones is 1. The first-order chi connectivity index (χ1) is 7.93. The fourth-order valence-electron chi connectivity index (χ4n) is 1.24. The lowest BCUT2D eigenvalue weighted by Crippen LogP contribution is -2.37. The number of amides is 1. The highest BCUT2D eigenvalue weighted by molar-refractivity contribution is 5.97. The van der Waals surface area contributed by atoms with Crippen LogP contribution in [0.25, 0.3) is 0 Å². The summed E-state index contributed by atoms with van der Waals surface area (Å²) < 4.78 is 4.80. The van der Waals surface area contributed by atoms with Crippen molar-refractivity contribution >= 4 is 17.7 Å². The molecule has 6 heteroatoms. The zero-order valence-electron chi connectivity index (χ0n) is 10.7. The maximum atomic E-state index is 11.8. The molecule has 0 saturated heterocycles. The van der Waals surface area contributed by atoms with E-state index in [1.165, 1.54) is 21.1 Å². The Morgan fingerprint density at radius 3 is 2.29 bits per heavy atom. The van der Waals surface area contributed by atoms with Gasteiger partial charge in [-0.25, -0.2) is 5.06 Å². The first-order valence-electron chi connectivity index (χ1n) is 5.41. The van der Waals surface area contributed by atoms with Gasteiger partial charge >= 0.3 is 5.97 Å². The van der Waals surface area contributed by atoms with Crippen LogP contribution in [0.3, 0.4) is 0 Å². The summed E-state index contributed by atoms with van der Waals surface area (Å²) in [5.74, 6) is -2.19. The second-order valence-electron chi connectivity index (χ2n) is 3.56. The zero-order valence-corrected chi connectivity index (χ0v) is 10.7. The molecule has 0 radical (unpaired) electrons. The van der Waals surface area contributed by atoms with Crippen LogP contribution in [-0.2, 0) is 24.0 Å². The Morgan fingerprint density at radius 2 is 1.88 bits per heavy atom. The van der Waals surface area contributed by atoms with Crippen LogP contribution >= 0.6 is 0 Å². The van der Waals surface area contributed by atoms with Crippen molar-refractivity contribution in [2.75, 3.05) is 20.8 Å². The highest BCUT2D eigenvalue weighted by Gasteiger charge is 2.30. The summed E-state index contributed by atoms with van der Waals surface area (Å²) in [4.78, 5) is 39.0. The van der Waals surface area contributed by atoms with Crippen LogP contribution in [0.4, 0.5) is 0 Å². The van der Waals surface area contributed by atoms with Gasteiger partial charge in [-0.3, -0.25) is 14.4 Å². The van der Waals surface area contributed by atoms with Crippen LogP contribution in [0.2, 0.25) is 0 Å². The number of hydroxylamine groups is 2. The molecule has 0 aliphatic rings. The number of nitrogens with zero attached hydrogens (tertiary/aromatic N) is 1. The molecule has 0 heterocycles. The number of hydrogen-bond acceptors (Lipinski definition) is 5. The van der Waals surface area contributed by atoms with Crippen molar-refractivity contribution in [3.63, 3.8) is 0 Å². The van der Waals surface area contributed by atoms with Gasteiger partial charge in [0, 0.05) is 13.5 Å². The van der Waals surface area contributed by atoms with Crippen molar-refractivity contribution in [2.45, 2.75) is 26.7 Å². The minimum Gasteiger partial charge on any atom is -0.465 e. The number of hydrogen-bond donors (Lipinski definition) is 0. The SMILES string of the molecule is CCOC(=O)C(CCC(C)=O)C(=O)N(C)OC. The average molecular weight is 245 g/mol. The van der Waals surface area contributed by atoms with Crippen LogP contribution in [0.5, 0.6) is 0 Å². The molecule has 0 spiro atoms. The summed E-state index contributed by atoms with van der Waals surface area (Å²) in [6, 6.07) is 0. The standard InChI is InChI=1S/C11H19NO5/c1-5-17-11(15)9(7-6-8(2)13)10(14)12(3)16-4/h9H,5-7H2,1-4H3. The maximum absolute atomic E-state index is 11.8. The molecule has 0 rings (SSSR count). The van der Waals surface area contributed by atoms with Gasteiger partial charge in [0.1, 0.15) is 11.7 Å². The Hall–Kier alpha value is -1.43. The number of carbonyl (C=O) groups is 3. The van der Waals surface area contributed by atoms with Gasteiger partial charge in [0.25, 0.3) is 5.91 Å². The molecule has 0 fully saturated rings. The van der Waals surface area contributed by atoms with Gasteiger partial charge in [0.05, 0.1) is 13.7 Å². The summed E-state index contributed by atoms with van der Waals surface area (Å²) in [6.45, 7) is 3.26. The van der Waals surface area contributed by atoms with Crippen LogP contribution in [0.15, 0.2) is 0 Å². The van der Waals surface area contributed by atoms with Crippen LogP contribution in [-0.4, -0.2) is 43.5 Å². The third kappa shape index (κ3) is 5.44. The van der Waals surface area contributed by atoms with Gasteiger partial charge < -0.3 is 9.53 Å².